The average Bonchev–Trinajstić information content (AvgIpc) is 2.30. The van der Waals surface area contributed by atoms with Crippen LogP contribution in [-0.4, -0.2) is 52.5 Å². The van der Waals surface area contributed by atoms with Gasteiger partial charge in [0.2, 0.25) is 0 Å². The van der Waals surface area contributed by atoms with Gasteiger partial charge >= 0.3 is 6.09 Å². The normalized spacial score (nSPS) is 16.5. The number of aromatic nitrogens is 2. The summed E-state index contributed by atoms with van der Waals surface area (Å²) < 4.78 is 0. The summed E-state index contributed by atoms with van der Waals surface area (Å²) in [5, 5.41) is 16.5. The first-order valence-corrected chi connectivity index (χ1v) is 4.78. The second-order valence-corrected chi connectivity index (χ2v) is 3.34. The topological polar surface area (TPSA) is 69.6 Å². The number of piperazine rings is 1. The maximum Gasteiger partial charge on any atom is 0.407 e. The van der Waals surface area contributed by atoms with Gasteiger partial charge in [0, 0.05) is 32.4 Å². The van der Waals surface area contributed by atoms with E-state index in [0.717, 1.165) is 5.82 Å². The Hall–Kier alpha value is -1.85. The van der Waals surface area contributed by atoms with Crippen molar-refractivity contribution in [3.8, 4) is 0 Å². The molecule has 0 atom stereocenters. The van der Waals surface area contributed by atoms with Crippen LogP contribution in [0.4, 0.5) is 10.6 Å². The molecule has 6 heteroatoms. The van der Waals surface area contributed by atoms with Gasteiger partial charge in [-0.2, -0.15) is 5.10 Å². The van der Waals surface area contributed by atoms with Crippen LogP contribution in [0.5, 0.6) is 0 Å². The molecule has 6 nitrogen and oxygen atoms in total. The fourth-order valence-electron chi connectivity index (χ4n) is 1.59. The molecule has 1 aromatic rings. The van der Waals surface area contributed by atoms with Crippen LogP contribution in [0.3, 0.4) is 0 Å². The molecule has 1 aliphatic heterocycles. The molecular formula is C9H12N4O2. The van der Waals surface area contributed by atoms with Gasteiger partial charge in [0.1, 0.15) is 0 Å². The summed E-state index contributed by atoms with van der Waals surface area (Å²) in [5.74, 6) is 0.808. The van der Waals surface area contributed by atoms with Crippen LogP contribution in [0.1, 0.15) is 0 Å². The molecule has 1 saturated heterocycles. The highest BCUT2D eigenvalue weighted by Crippen LogP contribution is 2.11. The number of hydrogen-bond acceptors (Lipinski definition) is 4. The monoisotopic (exact) mass is 208 g/mol. The fourth-order valence-corrected chi connectivity index (χ4v) is 1.59. The van der Waals surface area contributed by atoms with Gasteiger partial charge < -0.3 is 14.9 Å². The van der Waals surface area contributed by atoms with E-state index in [1.807, 2.05) is 17.0 Å². The van der Waals surface area contributed by atoms with Crippen molar-refractivity contribution >= 4 is 11.9 Å². The Balaban J connectivity index is 1.97. The molecule has 1 aliphatic rings. The van der Waals surface area contributed by atoms with Crippen molar-refractivity contribution < 1.29 is 9.90 Å². The molecule has 1 amide bonds. The zero-order chi connectivity index (χ0) is 10.7. The van der Waals surface area contributed by atoms with Gasteiger partial charge in [0.25, 0.3) is 0 Å². The summed E-state index contributed by atoms with van der Waals surface area (Å²) in [6, 6.07) is 3.70. The van der Waals surface area contributed by atoms with E-state index in [4.69, 9.17) is 5.11 Å². The first-order valence-electron chi connectivity index (χ1n) is 4.78. The Morgan fingerprint density at radius 2 is 2.07 bits per heavy atom. The van der Waals surface area contributed by atoms with E-state index in [0.29, 0.717) is 26.2 Å². The summed E-state index contributed by atoms with van der Waals surface area (Å²) >= 11 is 0. The predicted octanol–water partition coefficient (Wildman–Crippen LogP) is 0.277. The maximum absolute atomic E-state index is 10.7. The zero-order valence-electron chi connectivity index (χ0n) is 8.20. The quantitative estimate of drug-likeness (QED) is 0.717. The molecule has 1 N–H and O–H groups in total. The van der Waals surface area contributed by atoms with Crippen LogP contribution in [0.15, 0.2) is 18.3 Å². The van der Waals surface area contributed by atoms with Gasteiger partial charge in [0.15, 0.2) is 5.82 Å². The second-order valence-electron chi connectivity index (χ2n) is 3.34. The average molecular weight is 208 g/mol. The first kappa shape index (κ1) is 9.70. The number of carboxylic acid groups (broad SMARTS) is 1. The molecule has 0 spiro atoms. The maximum atomic E-state index is 10.7. The van der Waals surface area contributed by atoms with E-state index in [9.17, 15) is 4.79 Å². The molecule has 2 heterocycles. The zero-order valence-corrected chi connectivity index (χ0v) is 8.20. The lowest BCUT2D eigenvalue weighted by molar-refractivity contribution is 0.142. The summed E-state index contributed by atoms with van der Waals surface area (Å²) in [6.07, 6.45) is 0.769. The molecule has 0 radical (unpaired) electrons. The van der Waals surface area contributed by atoms with Gasteiger partial charge in [0.05, 0.1) is 0 Å². The number of anilines is 1. The van der Waals surface area contributed by atoms with E-state index in [1.54, 1.807) is 6.20 Å². The number of carbonyl (C=O) groups is 1. The second kappa shape index (κ2) is 4.12. The van der Waals surface area contributed by atoms with Crippen LogP contribution in [-0.2, 0) is 0 Å². The van der Waals surface area contributed by atoms with E-state index >= 15 is 0 Å². The van der Waals surface area contributed by atoms with Crippen LogP contribution in [0, 0.1) is 0 Å². The highest BCUT2D eigenvalue weighted by Gasteiger charge is 2.20. The van der Waals surface area contributed by atoms with Crippen LogP contribution in [0.25, 0.3) is 0 Å². The molecule has 80 valence electrons. The predicted molar refractivity (Wildman–Crippen MR) is 53.8 cm³/mol. The van der Waals surface area contributed by atoms with Crippen molar-refractivity contribution in [3.05, 3.63) is 18.3 Å². The minimum absolute atomic E-state index is 0.520. The highest BCUT2D eigenvalue weighted by atomic mass is 16.4. The van der Waals surface area contributed by atoms with Crippen molar-refractivity contribution in [3.63, 3.8) is 0 Å². The first-order chi connectivity index (χ1) is 7.27. The Morgan fingerprint density at radius 3 is 2.60 bits per heavy atom. The molecule has 0 aliphatic carbocycles. The van der Waals surface area contributed by atoms with Gasteiger partial charge in [-0.15, -0.1) is 5.10 Å². The molecule has 15 heavy (non-hydrogen) atoms. The van der Waals surface area contributed by atoms with Crippen molar-refractivity contribution in [1.29, 1.82) is 0 Å². The third-order valence-corrected chi connectivity index (χ3v) is 2.43. The van der Waals surface area contributed by atoms with Crippen molar-refractivity contribution in [2.75, 3.05) is 31.1 Å². The van der Waals surface area contributed by atoms with Gasteiger partial charge in [-0.05, 0) is 12.1 Å². The number of nitrogens with zero attached hydrogens (tertiary/aromatic N) is 4. The lowest BCUT2D eigenvalue weighted by atomic mass is 10.3. The molecule has 0 saturated carbocycles. The van der Waals surface area contributed by atoms with Gasteiger partial charge in [-0.25, -0.2) is 4.79 Å². The smallest absolute Gasteiger partial charge is 0.407 e. The van der Waals surface area contributed by atoms with Crippen LogP contribution < -0.4 is 4.90 Å². The lowest BCUT2D eigenvalue weighted by Gasteiger charge is -2.33. The van der Waals surface area contributed by atoms with Crippen molar-refractivity contribution in [1.82, 2.24) is 15.1 Å². The molecule has 0 bridgehead atoms. The lowest BCUT2D eigenvalue weighted by Crippen LogP contribution is -2.48. The Labute approximate surface area is 87.1 Å². The van der Waals surface area contributed by atoms with Crippen LogP contribution >= 0.6 is 0 Å². The SMILES string of the molecule is O=C(O)N1CCN(c2cccnn2)CC1. The highest BCUT2D eigenvalue weighted by molar-refractivity contribution is 5.65. The minimum atomic E-state index is -0.853. The van der Waals surface area contributed by atoms with Crippen molar-refractivity contribution in [2.45, 2.75) is 0 Å². The Bertz CT molecular complexity index is 335. The summed E-state index contributed by atoms with van der Waals surface area (Å²) in [4.78, 5) is 14.1. The molecule has 2 rings (SSSR count). The van der Waals surface area contributed by atoms with Gasteiger partial charge in [-0.3, -0.25) is 0 Å². The van der Waals surface area contributed by atoms with Crippen LogP contribution in [0.2, 0.25) is 0 Å². The molecule has 0 aromatic carbocycles. The Kier molecular flexibility index (Phi) is 2.66. The summed E-state index contributed by atoms with van der Waals surface area (Å²) in [5.41, 5.74) is 0. The van der Waals surface area contributed by atoms with Crippen molar-refractivity contribution in [2.24, 2.45) is 0 Å². The standard InChI is InChI=1S/C9H12N4O2/c14-9(15)13-6-4-12(5-7-13)8-2-1-3-10-11-8/h1-3H,4-7H2,(H,14,15). The van der Waals surface area contributed by atoms with E-state index < -0.39 is 6.09 Å². The molecule has 1 fully saturated rings. The molecule has 0 unspecified atom stereocenters. The molecule has 1 aromatic heterocycles. The third-order valence-electron chi connectivity index (χ3n) is 2.43. The van der Waals surface area contributed by atoms with E-state index in [1.165, 1.54) is 4.90 Å². The summed E-state index contributed by atoms with van der Waals surface area (Å²) in [7, 11) is 0. The number of amides is 1. The summed E-state index contributed by atoms with van der Waals surface area (Å²) in [6.45, 7) is 2.38. The number of rotatable bonds is 1. The fraction of sp³-hybridized carbons (Fsp3) is 0.444. The van der Waals surface area contributed by atoms with E-state index in [-0.39, 0.29) is 0 Å². The van der Waals surface area contributed by atoms with E-state index in [2.05, 4.69) is 10.2 Å². The minimum Gasteiger partial charge on any atom is -0.465 e. The largest absolute Gasteiger partial charge is 0.465 e. The van der Waals surface area contributed by atoms with Gasteiger partial charge in [-0.1, -0.05) is 0 Å². The number of hydrogen-bond donors (Lipinski definition) is 1. The molecular weight excluding hydrogens is 196 g/mol. The third kappa shape index (κ3) is 2.15. The Morgan fingerprint density at radius 1 is 1.33 bits per heavy atom.